The summed E-state index contributed by atoms with van der Waals surface area (Å²) >= 11 is 1.26. The third-order valence-corrected chi connectivity index (χ3v) is 5.94. The van der Waals surface area contributed by atoms with Crippen LogP contribution in [0.4, 0.5) is 5.69 Å². The van der Waals surface area contributed by atoms with Crippen LogP contribution in [-0.2, 0) is 11.3 Å². The van der Waals surface area contributed by atoms with E-state index < -0.39 is 0 Å². The molecule has 1 N–H and O–H groups in total. The average molecular weight is 393 g/mol. The second-order valence-electron chi connectivity index (χ2n) is 6.69. The summed E-state index contributed by atoms with van der Waals surface area (Å²) in [5, 5.41) is 3.91. The summed E-state index contributed by atoms with van der Waals surface area (Å²) in [5.41, 5.74) is 2.69. The van der Waals surface area contributed by atoms with Gasteiger partial charge in [0.1, 0.15) is 0 Å². The van der Waals surface area contributed by atoms with Gasteiger partial charge in [-0.3, -0.25) is 19.0 Å². The van der Waals surface area contributed by atoms with E-state index in [0.717, 1.165) is 11.3 Å². The summed E-state index contributed by atoms with van der Waals surface area (Å²) in [6.07, 6.45) is 0. The first-order chi connectivity index (χ1) is 13.5. The number of anilines is 1. The molecule has 0 bridgehead atoms. The third kappa shape index (κ3) is 3.11. The van der Waals surface area contributed by atoms with Crippen molar-refractivity contribution < 1.29 is 9.59 Å². The maximum atomic E-state index is 12.7. The monoisotopic (exact) mass is 393 g/mol. The number of carbonyl (C=O) groups is 2. The minimum absolute atomic E-state index is 0.0544. The Morgan fingerprint density at radius 1 is 1.21 bits per heavy atom. The summed E-state index contributed by atoms with van der Waals surface area (Å²) in [6, 6.07) is 12.5. The lowest BCUT2D eigenvalue weighted by atomic mass is 9.99. The molecule has 6 nitrogen and oxygen atoms in total. The number of ketones is 1. The zero-order valence-corrected chi connectivity index (χ0v) is 16.4. The predicted molar refractivity (Wildman–Crippen MR) is 110 cm³/mol. The van der Waals surface area contributed by atoms with Crippen molar-refractivity contribution in [3.8, 4) is 0 Å². The van der Waals surface area contributed by atoms with Gasteiger partial charge in [-0.25, -0.2) is 4.98 Å². The molecule has 0 radical (unpaired) electrons. The van der Waals surface area contributed by atoms with Crippen LogP contribution in [0.2, 0.25) is 0 Å². The predicted octanol–water partition coefficient (Wildman–Crippen LogP) is 3.45. The standard InChI is InChI=1S/C21H19N3O3S/c1-3-24-20(27)14-6-4-5-7-16(14)23-21(24)28-11-18(25)13-8-9-17-15(10-13)12(2)19(26)22-17/h4-10,12H,3,11H2,1-2H3,(H,22,26)/t12-/m0/s1. The minimum atomic E-state index is -0.261. The number of nitrogens with zero attached hydrogens (tertiary/aromatic N) is 2. The van der Waals surface area contributed by atoms with Crippen LogP contribution in [0.15, 0.2) is 52.4 Å². The van der Waals surface area contributed by atoms with Crippen molar-refractivity contribution in [3.63, 3.8) is 0 Å². The Hall–Kier alpha value is -2.93. The number of fused-ring (bicyclic) bond motifs is 2. The highest BCUT2D eigenvalue weighted by atomic mass is 32.2. The topological polar surface area (TPSA) is 81.1 Å². The van der Waals surface area contributed by atoms with Gasteiger partial charge in [0.05, 0.1) is 22.6 Å². The number of aromatic nitrogens is 2. The van der Waals surface area contributed by atoms with Crippen LogP contribution in [0.5, 0.6) is 0 Å². The van der Waals surface area contributed by atoms with E-state index in [0.29, 0.717) is 28.2 Å². The summed E-state index contributed by atoms with van der Waals surface area (Å²) in [5.74, 6) is -0.215. The molecule has 4 rings (SSSR count). The molecule has 1 aliphatic rings. The van der Waals surface area contributed by atoms with Crippen LogP contribution in [0.1, 0.15) is 35.7 Å². The molecule has 2 aromatic carbocycles. The molecule has 1 aromatic heterocycles. The number of hydrogen-bond acceptors (Lipinski definition) is 5. The van der Waals surface area contributed by atoms with Gasteiger partial charge in [-0.1, -0.05) is 23.9 Å². The molecule has 3 aromatic rings. The minimum Gasteiger partial charge on any atom is -0.325 e. The van der Waals surface area contributed by atoms with Gasteiger partial charge in [0.25, 0.3) is 5.56 Å². The van der Waals surface area contributed by atoms with Crippen molar-refractivity contribution >= 4 is 40.0 Å². The molecular formula is C21H19N3O3S. The number of hydrogen-bond donors (Lipinski definition) is 1. The Balaban J connectivity index is 1.59. The fourth-order valence-corrected chi connectivity index (χ4v) is 4.30. The smallest absolute Gasteiger partial charge is 0.262 e. The molecule has 0 saturated carbocycles. The maximum Gasteiger partial charge on any atom is 0.262 e. The number of para-hydroxylation sites is 1. The second-order valence-corrected chi connectivity index (χ2v) is 7.63. The summed E-state index contributed by atoms with van der Waals surface area (Å²) in [7, 11) is 0. The first-order valence-electron chi connectivity index (χ1n) is 9.10. The van der Waals surface area contributed by atoms with Crippen LogP contribution in [0.3, 0.4) is 0 Å². The highest BCUT2D eigenvalue weighted by molar-refractivity contribution is 7.99. The van der Waals surface area contributed by atoms with Crippen molar-refractivity contribution in [2.24, 2.45) is 0 Å². The van der Waals surface area contributed by atoms with Crippen LogP contribution >= 0.6 is 11.8 Å². The fraction of sp³-hybridized carbons (Fsp3) is 0.238. The van der Waals surface area contributed by atoms with Gasteiger partial charge in [-0.15, -0.1) is 0 Å². The quantitative estimate of drug-likeness (QED) is 0.408. The van der Waals surface area contributed by atoms with Crippen LogP contribution < -0.4 is 10.9 Å². The molecule has 2 heterocycles. The van der Waals surface area contributed by atoms with Crippen LogP contribution in [-0.4, -0.2) is 27.0 Å². The molecule has 0 saturated heterocycles. The number of benzene rings is 2. The van der Waals surface area contributed by atoms with E-state index in [9.17, 15) is 14.4 Å². The first kappa shape index (κ1) is 18.4. The zero-order valence-electron chi connectivity index (χ0n) is 15.6. The lowest BCUT2D eigenvalue weighted by Crippen LogP contribution is -2.22. The van der Waals surface area contributed by atoms with E-state index in [1.165, 1.54) is 11.8 Å². The van der Waals surface area contributed by atoms with Crippen molar-refractivity contribution in [1.29, 1.82) is 0 Å². The Kier molecular flexibility index (Phi) is 4.77. The molecule has 142 valence electrons. The van der Waals surface area contributed by atoms with Crippen molar-refractivity contribution in [2.45, 2.75) is 31.5 Å². The molecule has 28 heavy (non-hydrogen) atoms. The normalized spacial score (nSPS) is 15.5. The Morgan fingerprint density at radius 2 is 2.00 bits per heavy atom. The van der Waals surface area contributed by atoms with Crippen molar-refractivity contribution in [3.05, 3.63) is 63.9 Å². The van der Waals surface area contributed by atoms with Gasteiger partial charge in [-0.2, -0.15) is 0 Å². The summed E-state index contributed by atoms with van der Waals surface area (Å²) < 4.78 is 1.59. The van der Waals surface area contributed by atoms with Crippen molar-refractivity contribution in [1.82, 2.24) is 9.55 Å². The number of Topliss-reactive ketones (excluding diaryl/α,β-unsaturated/α-hetero) is 1. The highest BCUT2D eigenvalue weighted by Crippen LogP contribution is 2.33. The molecule has 1 atom stereocenters. The van der Waals surface area contributed by atoms with Gasteiger partial charge >= 0.3 is 0 Å². The average Bonchev–Trinajstić information content (AvgIpc) is 2.99. The van der Waals surface area contributed by atoms with E-state index in [-0.39, 0.29) is 28.9 Å². The van der Waals surface area contributed by atoms with E-state index in [1.807, 2.05) is 26.0 Å². The SMILES string of the molecule is CCn1c(SCC(=O)c2ccc3c(c2)[C@H](C)C(=O)N3)nc2ccccc2c1=O. The van der Waals surface area contributed by atoms with Gasteiger partial charge < -0.3 is 5.32 Å². The van der Waals surface area contributed by atoms with E-state index in [1.54, 1.807) is 34.9 Å². The molecule has 0 spiro atoms. The lowest BCUT2D eigenvalue weighted by Gasteiger charge is -2.11. The zero-order chi connectivity index (χ0) is 19.8. The summed E-state index contributed by atoms with van der Waals surface area (Å²) in [6.45, 7) is 4.19. The molecule has 0 unspecified atom stereocenters. The molecule has 0 fully saturated rings. The van der Waals surface area contributed by atoms with E-state index in [2.05, 4.69) is 10.3 Å². The Labute approximate surface area is 166 Å². The fourth-order valence-electron chi connectivity index (χ4n) is 3.34. The lowest BCUT2D eigenvalue weighted by molar-refractivity contribution is -0.116. The molecule has 7 heteroatoms. The molecule has 0 aliphatic carbocycles. The number of rotatable bonds is 5. The maximum absolute atomic E-state index is 12.7. The van der Waals surface area contributed by atoms with Gasteiger partial charge in [0.2, 0.25) is 5.91 Å². The second kappa shape index (κ2) is 7.24. The Bertz CT molecular complexity index is 1170. The van der Waals surface area contributed by atoms with Crippen LogP contribution in [0, 0.1) is 0 Å². The molecule has 1 amide bonds. The number of amides is 1. The van der Waals surface area contributed by atoms with Gasteiger partial charge in [0.15, 0.2) is 10.9 Å². The first-order valence-corrected chi connectivity index (χ1v) is 10.1. The Morgan fingerprint density at radius 3 is 2.79 bits per heavy atom. The molecule has 1 aliphatic heterocycles. The largest absolute Gasteiger partial charge is 0.325 e. The number of thioether (sulfide) groups is 1. The number of nitrogens with one attached hydrogen (secondary N) is 1. The highest BCUT2D eigenvalue weighted by Gasteiger charge is 2.27. The van der Waals surface area contributed by atoms with E-state index >= 15 is 0 Å². The van der Waals surface area contributed by atoms with Crippen molar-refractivity contribution in [2.75, 3.05) is 11.1 Å². The van der Waals surface area contributed by atoms with Gasteiger partial charge in [0, 0.05) is 17.8 Å². The number of carbonyl (C=O) groups excluding carboxylic acids is 2. The molecular weight excluding hydrogens is 374 g/mol. The van der Waals surface area contributed by atoms with Crippen LogP contribution in [0.25, 0.3) is 10.9 Å². The van der Waals surface area contributed by atoms with Gasteiger partial charge in [-0.05, 0) is 49.7 Å². The third-order valence-electron chi connectivity index (χ3n) is 4.97. The van der Waals surface area contributed by atoms with E-state index in [4.69, 9.17) is 0 Å². The summed E-state index contributed by atoms with van der Waals surface area (Å²) in [4.78, 5) is 41.8.